The lowest BCUT2D eigenvalue weighted by Gasteiger charge is -2.28. The lowest BCUT2D eigenvalue weighted by Crippen LogP contribution is -2.32. The molecule has 0 aromatic heterocycles. The maximum absolute atomic E-state index is 6.29. The van der Waals surface area contributed by atoms with Crippen LogP contribution >= 0.6 is 0 Å². The molecule has 3 heteroatoms. The van der Waals surface area contributed by atoms with Gasteiger partial charge in [-0.3, -0.25) is 0 Å². The maximum Gasteiger partial charge on any atom is 0.124 e. The second-order valence-electron chi connectivity index (χ2n) is 5.28. The number of ether oxygens (including phenoxy) is 2. The fraction of sp³-hybridized carbons (Fsp3) is 0.625. The maximum atomic E-state index is 6.29. The highest BCUT2D eigenvalue weighted by atomic mass is 16.5. The molecule has 2 unspecified atom stereocenters. The molecular weight excluding hydrogens is 238 g/mol. The molecule has 0 spiro atoms. The second-order valence-corrected chi connectivity index (χ2v) is 5.28. The van der Waals surface area contributed by atoms with Gasteiger partial charge in [0.05, 0.1) is 13.2 Å². The number of hydrogen-bond donors (Lipinski definition) is 1. The van der Waals surface area contributed by atoms with E-state index in [4.69, 9.17) is 15.2 Å². The monoisotopic (exact) mass is 263 g/mol. The summed E-state index contributed by atoms with van der Waals surface area (Å²) >= 11 is 0. The molecule has 2 rings (SSSR count). The van der Waals surface area contributed by atoms with Crippen LogP contribution in [0.1, 0.15) is 50.7 Å². The first-order chi connectivity index (χ1) is 9.26. The highest BCUT2D eigenvalue weighted by molar-refractivity contribution is 5.36. The van der Waals surface area contributed by atoms with E-state index in [-0.39, 0.29) is 12.1 Å². The summed E-state index contributed by atoms with van der Waals surface area (Å²) in [6.07, 6.45) is 6.03. The SMILES string of the molecule is CCC(N)C(OC1CCCC1)c1ccccc1OC. The molecule has 0 bridgehead atoms. The van der Waals surface area contributed by atoms with Gasteiger partial charge in [0.15, 0.2) is 0 Å². The zero-order chi connectivity index (χ0) is 13.7. The minimum atomic E-state index is -0.0655. The third-order valence-electron chi connectivity index (χ3n) is 3.95. The Hall–Kier alpha value is -1.06. The molecule has 106 valence electrons. The molecule has 0 heterocycles. The fourth-order valence-electron chi connectivity index (χ4n) is 2.75. The molecule has 0 radical (unpaired) electrons. The van der Waals surface area contributed by atoms with Gasteiger partial charge in [0.25, 0.3) is 0 Å². The van der Waals surface area contributed by atoms with Gasteiger partial charge in [0, 0.05) is 11.6 Å². The minimum absolute atomic E-state index is 0.0110. The molecular formula is C16H25NO2. The number of methoxy groups -OCH3 is 1. The molecule has 1 saturated carbocycles. The molecule has 1 aliphatic rings. The van der Waals surface area contributed by atoms with Crippen LogP contribution in [0.15, 0.2) is 24.3 Å². The summed E-state index contributed by atoms with van der Waals surface area (Å²) in [6, 6.07) is 8.05. The van der Waals surface area contributed by atoms with Crippen LogP contribution in [0.25, 0.3) is 0 Å². The van der Waals surface area contributed by atoms with E-state index in [9.17, 15) is 0 Å². The highest BCUT2D eigenvalue weighted by Crippen LogP contribution is 2.34. The normalized spacial score (nSPS) is 19.3. The number of para-hydroxylation sites is 1. The lowest BCUT2D eigenvalue weighted by molar-refractivity contribution is -0.0247. The Bertz CT molecular complexity index is 388. The van der Waals surface area contributed by atoms with Gasteiger partial charge in [0.1, 0.15) is 11.9 Å². The molecule has 2 atom stereocenters. The predicted octanol–water partition coefficient (Wildman–Crippen LogP) is 3.43. The van der Waals surface area contributed by atoms with Crippen molar-refractivity contribution in [2.75, 3.05) is 7.11 Å². The van der Waals surface area contributed by atoms with Crippen molar-refractivity contribution in [2.45, 2.75) is 57.3 Å². The molecule has 2 N–H and O–H groups in total. The van der Waals surface area contributed by atoms with E-state index in [1.165, 1.54) is 12.8 Å². The average Bonchev–Trinajstić information content (AvgIpc) is 2.97. The van der Waals surface area contributed by atoms with Crippen LogP contribution in [-0.4, -0.2) is 19.3 Å². The Morgan fingerprint density at radius 2 is 1.95 bits per heavy atom. The standard InChI is InChI=1S/C16H25NO2/c1-3-14(17)16(19-12-8-4-5-9-12)13-10-6-7-11-15(13)18-2/h6-7,10-12,14,16H,3-5,8-9,17H2,1-2H3. The third kappa shape index (κ3) is 3.48. The van der Waals surface area contributed by atoms with Gasteiger partial charge < -0.3 is 15.2 Å². The number of rotatable bonds is 6. The van der Waals surface area contributed by atoms with Gasteiger partial charge in [-0.25, -0.2) is 0 Å². The van der Waals surface area contributed by atoms with Gasteiger partial charge in [-0.05, 0) is 25.3 Å². The van der Waals surface area contributed by atoms with Crippen molar-refractivity contribution >= 4 is 0 Å². The number of nitrogens with two attached hydrogens (primary N) is 1. The molecule has 1 aromatic carbocycles. The van der Waals surface area contributed by atoms with Crippen molar-refractivity contribution in [3.05, 3.63) is 29.8 Å². The van der Waals surface area contributed by atoms with Crippen molar-refractivity contribution in [2.24, 2.45) is 5.73 Å². The van der Waals surface area contributed by atoms with Crippen LogP contribution in [0.3, 0.4) is 0 Å². The zero-order valence-electron chi connectivity index (χ0n) is 12.0. The van der Waals surface area contributed by atoms with Gasteiger partial charge in [-0.2, -0.15) is 0 Å². The van der Waals surface area contributed by atoms with Gasteiger partial charge >= 0.3 is 0 Å². The molecule has 0 aliphatic heterocycles. The Morgan fingerprint density at radius 1 is 1.26 bits per heavy atom. The Morgan fingerprint density at radius 3 is 2.58 bits per heavy atom. The Kier molecular flexibility index (Phi) is 5.23. The van der Waals surface area contributed by atoms with Crippen LogP contribution < -0.4 is 10.5 Å². The molecule has 19 heavy (non-hydrogen) atoms. The fourth-order valence-corrected chi connectivity index (χ4v) is 2.75. The first kappa shape index (κ1) is 14.4. The molecule has 1 aliphatic carbocycles. The van der Waals surface area contributed by atoms with Gasteiger partial charge in [0.2, 0.25) is 0 Å². The Labute approximate surface area is 116 Å². The van der Waals surface area contributed by atoms with Crippen LogP contribution in [0.2, 0.25) is 0 Å². The summed E-state index contributed by atoms with van der Waals surface area (Å²) in [6.45, 7) is 2.10. The van der Waals surface area contributed by atoms with Crippen LogP contribution in [0.5, 0.6) is 5.75 Å². The van der Waals surface area contributed by atoms with E-state index in [2.05, 4.69) is 13.0 Å². The quantitative estimate of drug-likeness (QED) is 0.855. The summed E-state index contributed by atoms with van der Waals surface area (Å²) < 4.78 is 11.7. The minimum Gasteiger partial charge on any atom is -0.496 e. The van der Waals surface area contributed by atoms with Crippen molar-refractivity contribution in [1.82, 2.24) is 0 Å². The van der Waals surface area contributed by atoms with Crippen LogP contribution in [0, 0.1) is 0 Å². The smallest absolute Gasteiger partial charge is 0.124 e. The molecule has 3 nitrogen and oxygen atoms in total. The summed E-state index contributed by atoms with van der Waals surface area (Å²) in [5, 5.41) is 0. The average molecular weight is 263 g/mol. The van der Waals surface area contributed by atoms with Crippen LogP contribution in [0.4, 0.5) is 0 Å². The first-order valence-corrected chi connectivity index (χ1v) is 7.30. The summed E-state index contributed by atoms with van der Waals surface area (Å²) in [5.41, 5.74) is 7.35. The first-order valence-electron chi connectivity index (χ1n) is 7.30. The molecule has 1 fully saturated rings. The van der Waals surface area contributed by atoms with E-state index in [0.717, 1.165) is 30.6 Å². The second kappa shape index (κ2) is 6.92. The van der Waals surface area contributed by atoms with Gasteiger partial charge in [-0.1, -0.05) is 38.0 Å². The third-order valence-corrected chi connectivity index (χ3v) is 3.95. The van der Waals surface area contributed by atoms with E-state index in [1.807, 2.05) is 18.2 Å². The summed E-state index contributed by atoms with van der Waals surface area (Å²) in [5.74, 6) is 0.870. The van der Waals surface area contributed by atoms with Crippen LogP contribution in [-0.2, 0) is 4.74 Å². The summed E-state index contributed by atoms with van der Waals surface area (Å²) in [7, 11) is 1.70. The van der Waals surface area contributed by atoms with Gasteiger partial charge in [-0.15, -0.1) is 0 Å². The number of hydrogen-bond acceptors (Lipinski definition) is 3. The topological polar surface area (TPSA) is 44.5 Å². The number of benzene rings is 1. The van der Waals surface area contributed by atoms with Crippen molar-refractivity contribution in [1.29, 1.82) is 0 Å². The van der Waals surface area contributed by atoms with E-state index in [0.29, 0.717) is 6.10 Å². The van der Waals surface area contributed by atoms with Crippen molar-refractivity contribution in [3.8, 4) is 5.75 Å². The largest absolute Gasteiger partial charge is 0.496 e. The summed E-state index contributed by atoms with van der Waals surface area (Å²) in [4.78, 5) is 0. The van der Waals surface area contributed by atoms with E-state index < -0.39 is 0 Å². The lowest BCUT2D eigenvalue weighted by atomic mass is 9.99. The van der Waals surface area contributed by atoms with E-state index >= 15 is 0 Å². The van der Waals surface area contributed by atoms with Crippen molar-refractivity contribution in [3.63, 3.8) is 0 Å². The van der Waals surface area contributed by atoms with Crippen molar-refractivity contribution < 1.29 is 9.47 Å². The Balaban J connectivity index is 2.20. The molecule has 1 aromatic rings. The highest BCUT2D eigenvalue weighted by Gasteiger charge is 2.27. The van der Waals surface area contributed by atoms with E-state index in [1.54, 1.807) is 7.11 Å². The molecule has 0 saturated heterocycles. The molecule has 0 amide bonds. The predicted molar refractivity (Wildman–Crippen MR) is 77.3 cm³/mol. The zero-order valence-corrected chi connectivity index (χ0v) is 12.0.